The Morgan fingerprint density at radius 3 is 2.96 bits per heavy atom. The Bertz CT molecular complexity index is 855. The van der Waals surface area contributed by atoms with Crippen LogP contribution in [0.2, 0.25) is 0 Å². The molecule has 24 heavy (non-hydrogen) atoms. The van der Waals surface area contributed by atoms with E-state index in [2.05, 4.69) is 28.7 Å². The summed E-state index contributed by atoms with van der Waals surface area (Å²) in [5, 5.41) is 15.5. The molecule has 0 aliphatic carbocycles. The van der Waals surface area contributed by atoms with Crippen molar-refractivity contribution >= 4 is 23.7 Å². The van der Waals surface area contributed by atoms with Crippen molar-refractivity contribution in [3.05, 3.63) is 75.7 Å². The first-order valence-corrected chi connectivity index (χ1v) is 8.39. The zero-order valence-electron chi connectivity index (χ0n) is 12.9. The van der Waals surface area contributed by atoms with Gasteiger partial charge in [0, 0.05) is 30.2 Å². The molecule has 4 nitrogen and oxygen atoms in total. The van der Waals surface area contributed by atoms with Crippen molar-refractivity contribution in [1.82, 2.24) is 9.78 Å². The summed E-state index contributed by atoms with van der Waals surface area (Å²) >= 11 is 1.71. The summed E-state index contributed by atoms with van der Waals surface area (Å²) < 4.78 is 8.24. The number of aromatic nitrogens is 2. The number of aryl methyl sites for hydroxylation is 1. The van der Waals surface area contributed by atoms with Gasteiger partial charge in [0.1, 0.15) is 5.60 Å². The van der Waals surface area contributed by atoms with Crippen LogP contribution < -0.4 is 0 Å². The molecule has 0 amide bonds. The third-order valence-electron chi connectivity index (χ3n) is 4.31. The van der Waals surface area contributed by atoms with E-state index in [0.717, 1.165) is 18.5 Å². The second-order valence-corrected chi connectivity index (χ2v) is 6.54. The molecule has 3 aromatic rings. The van der Waals surface area contributed by atoms with E-state index in [-0.39, 0.29) is 12.4 Å². The van der Waals surface area contributed by atoms with Crippen LogP contribution in [-0.2, 0) is 23.5 Å². The molecule has 0 spiro atoms. The molecule has 6 heteroatoms. The minimum Gasteiger partial charge on any atom is -0.360 e. The van der Waals surface area contributed by atoms with Gasteiger partial charge in [-0.2, -0.15) is 10.4 Å². The zero-order chi connectivity index (χ0) is 15.7. The summed E-state index contributed by atoms with van der Waals surface area (Å²) in [6, 6.07) is 14.2. The maximum atomic E-state index is 9.11. The monoisotopic (exact) mass is 357 g/mol. The Morgan fingerprint density at radius 1 is 1.33 bits per heavy atom. The van der Waals surface area contributed by atoms with Gasteiger partial charge in [0.15, 0.2) is 0 Å². The van der Waals surface area contributed by atoms with Gasteiger partial charge in [0.25, 0.3) is 0 Å². The lowest BCUT2D eigenvalue weighted by Gasteiger charge is -2.29. The summed E-state index contributed by atoms with van der Waals surface area (Å²) in [7, 11) is 0. The van der Waals surface area contributed by atoms with E-state index >= 15 is 0 Å². The van der Waals surface area contributed by atoms with Crippen LogP contribution in [0.4, 0.5) is 0 Å². The predicted octanol–water partition coefficient (Wildman–Crippen LogP) is 4.10. The molecule has 0 fully saturated rings. The number of ether oxygens (including phenoxy) is 1. The highest BCUT2D eigenvalue weighted by Crippen LogP contribution is 2.46. The molecule has 122 valence electrons. The number of hydrogen-bond donors (Lipinski definition) is 0. The van der Waals surface area contributed by atoms with Crippen molar-refractivity contribution in [2.45, 2.75) is 25.2 Å². The molecule has 1 unspecified atom stereocenters. The number of hydrogen-bond acceptors (Lipinski definition) is 4. The van der Waals surface area contributed by atoms with Gasteiger partial charge in [-0.1, -0.05) is 12.1 Å². The first-order valence-electron chi connectivity index (χ1n) is 7.51. The third kappa shape index (κ3) is 2.73. The SMILES string of the molecule is Cl.N#Cc1ccc2c(c1)COC2(CCn1cccn1)c1cccs1. The van der Waals surface area contributed by atoms with Gasteiger partial charge >= 0.3 is 0 Å². The molecular weight excluding hydrogens is 342 g/mol. The molecule has 3 heterocycles. The van der Waals surface area contributed by atoms with E-state index in [1.165, 1.54) is 10.4 Å². The Labute approximate surface area is 150 Å². The van der Waals surface area contributed by atoms with Gasteiger partial charge in [0.05, 0.1) is 18.2 Å². The molecule has 1 atom stereocenters. The van der Waals surface area contributed by atoms with E-state index in [4.69, 9.17) is 10.00 Å². The van der Waals surface area contributed by atoms with Gasteiger partial charge in [-0.3, -0.25) is 4.68 Å². The highest BCUT2D eigenvalue weighted by molar-refractivity contribution is 7.10. The van der Waals surface area contributed by atoms with Crippen molar-refractivity contribution in [3.63, 3.8) is 0 Å². The average Bonchev–Trinajstić information content (AvgIpc) is 3.33. The van der Waals surface area contributed by atoms with Gasteiger partial charge < -0.3 is 4.74 Å². The fourth-order valence-electron chi connectivity index (χ4n) is 3.20. The molecule has 1 aliphatic rings. The van der Waals surface area contributed by atoms with E-state index in [1.54, 1.807) is 17.5 Å². The third-order valence-corrected chi connectivity index (χ3v) is 5.33. The molecule has 0 radical (unpaired) electrons. The van der Waals surface area contributed by atoms with Crippen LogP contribution in [0.5, 0.6) is 0 Å². The first kappa shape index (κ1) is 16.7. The predicted molar refractivity (Wildman–Crippen MR) is 95.1 cm³/mol. The van der Waals surface area contributed by atoms with Crippen LogP contribution in [0.15, 0.2) is 54.2 Å². The highest BCUT2D eigenvalue weighted by Gasteiger charge is 2.42. The minimum absolute atomic E-state index is 0. The molecule has 0 bridgehead atoms. The van der Waals surface area contributed by atoms with E-state index in [9.17, 15) is 0 Å². The summed E-state index contributed by atoms with van der Waals surface area (Å²) in [5.74, 6) is 0. The van der Waals surface area contributed by atoms with Gasteiger partial charge in [-0.25, -0.2) is 0 Å². The van der Waals surface area contributed by atoms with E-state index in [0.29, 0.717) is 12.2 Å². The average molecular weight is 358 g/mol. The Balaban J connectivity index is 0.00000169. The van der Waals surface area contributed by atoms with Gasteiger partial charge in [0.2, 0.25) is 0 Å². The summed E-state index contributed by atoms with van der Waals surface area (Å²) in [4.78, 5) is 1.20. The number of nitrogens with zero attached hydrogens (tertiary/aromatic N) is 3. The topological polar surface area (TPSA) is 50.8 Å². The summed E-state index contributed by atoms with van der Waals surface area (Å²) in [5.41, 5.74) is 2.52. The Morgan fingerprint density at radius 2 is 2.25 bits per heavy atom. The lowest BCUT2D eigenvalue weighted by atomic mass is 9.87. The lowest BCUT2D eigenvalue weighted by molar-refractivity contribution is -0.0124. The second kappa shape index (κ2) is 6.78. The maximum Gasteiger partial charge on any atom is 0.130 e. The summed E-state index contributed by atoms with van der Waals surface area (Å²) in [6.45, 7) is 1.33. The largest absolute Gasteiger partial charge is 0.360 e. The number of nitriles is 1. The van der Waals surface area contributed by atoms with Crippen LogP contribution in [0.1, 0.15) is 28.0 Å². The Hall–Kier alpha value is -2.13. The molecule has 0 N–H and O–H groups in total. The number of fused-ring (bicyclic) bond motifs is 1. The standard InChI is InChI=1S/C18H15N3OS.ClH/c19-12-14-4-5-16-15(11-14)13-22-18(16,17-3-1-10-23-17)6-9-21-8-2-7-20-21;/h1-5,7-8,10-11H,6,9,13H2;1H. The van der Waals surface area contributed by atoms with Crippen LogP contribution in [0, 0.1) is 11.3 Å². The quantitative estimate of drug-likeness (QED) is 0.706. The second-order valence-electron chi connectivity index (χ2n) is 5.60. The Kier molecular flexibility index (Phi) is 4.72. The number of rotatable bonds is 4. The number of halogens is 1. The van der Waals surface area contributed by atoms with Crippen molar-refractivity contribution in [3.8, 4) is 6.07 Å². The first-order chi connectivity index (χ1) is 11.3. The van der Waals surface area contributed by atoms with Crippen LogP contribution in [0.25, 0.3) is 0 Å². The minimum atomic E-state index is -0.441. The van der Waals surface area contributed by atoms with Crippen LogP contribution >= 0.6 is 23.7 Å². The lowest BCUT2D eigenvalue weighted by Crippen LogP contribution is -2.27. The molecule has 0 saturated carbocycles. The normalized spacial score (nSPS) is 18.6. The molecule has 4 rings (SSSR count). The van der Waals surface area contributed by atoms with Crippen molar-refractivity contribution in [2.75, 3.05) is 0 Å². The van der Waals surface area contributed by atoms with Gasteiger partial charge in [-0.15, -0.1) is 23.7 Å². The van der Waals surface area contributed by atoms with Crippen molar-refractivity contribution in [1.29, 1.82) is 5.26 Å². The highest BCUT2D eigenvalue weighted by atomic mass is 35.5. The van der Waals surface area contributed by atoms with Crippen LogP contribution in [0.3, 0.4) is 0 Å². The fraction of sp³-hybridized carbons (Fsp3) is 0.222. The van der Waals surface area contributed by atoms with Crippen molar-refractivity contribution < 1.29 is 4.74 Å². The fourth-order valence-corrected chi connectivity index (χ4v) is 4.12. The smallest absolute Gasteiger partial charge is 0.130 e. The van der Waals surface area contributed by atoms with Crippen LogP contribution in [-0.4, -0.2) is 9.78 Å². The molecule has 0 saturated heterocycles. The van der Waals surface area contributed by atoms with E-state index in [1.807, 2.05) is 35.1 Å². The van der Waals surface area contributed by atoms with Gasteiger partial charge in [-0.05, 0) is 40.8 Å². The zero-order valence-corrected chi connectivity index (χ0v) is 14.5. The molecule has 1 aliphatic heterocycles. The van der Waals surface area contributed by atoms with E-state index < -0.39 is 5.60 Å². The molecule has 2 aromatic heterocycles. The van der Waals surface area contributed by atoms with Crippen molar-refractivity contribution in [2.24, 2.45) is 0 Å². The maximum absolute atomic E-state index is 9.11. The summed E-state index contributed by atoms with van der Waals surface area (Å²) in [6.07, 6.45) is 4.57. The number of benzene rings is 1. The molecular formula is C18H16ClN3OS. The number of thiophene rings is 1. The molecule has 1 aromatic carbocycles.